The zero-order chi connectivity index (χ0) is 9.14. The number of hydrogen-bond donors (Lipinski definition) is 1. The van der Waals surface area contributed by atoms with Crippen molar-refractivity contribution >= 4 is 0 Å². The van der Waals surface area contributed by atoms with Gasteiger partial charge in [0, 0.05) is 6.54 Å². The molecule has 0 saturated carbocycles. The molecule has 2 nitrogen and oxygen atoms in total. The van der Waals surface area contributed by atoms with E-state index in [1.807, 2.05) is 26.0 Å². The van der Waals surface area contributed by atoms with Crippen LogP contribution in [0.2, 0.25) is 0 Å². The molecule has 0 spiro atoms. The van der Waals surface area contributed by atoms with Crippen molar-refractivity contribution in [2.45, 2.75) is 20.4 Å². The van der Waals surface area contributed by atoms with Crippen LogP contribution in [0.4, 0.5) is 0 Å². The Morgan fingerprint density at radius 1 is 1.33 bits per heavy atom. The van der Waals surface area contributed by atoms with Crippen molar-refractivity contribution in [3.05, 3.63) is 34.4 Å². The van der Waals surface area contributed by atoms with E-state index in [1.165, 1.54) is 0 Å². The Hall–Kier alpha value is -1.33. The van der Waals surface area contributed by atoms with E-state index in [0.717, 1.165) is 22.3 Å². The summed E-state index contributed by atoms with van der Waals surface area (Å²) in [4.78, 5) is 0. The first-order valence-corrected chi connectivity index (χ1v) is 3.89. The van der Waals surface area contributed by atoms with E-state index in [9.17, 15) is 0 Å². The highest BCUT2D eigenvalue weighted by Crippen LogP contribution is 2.14. The monoisotopic (exact) mass is 160 g/mol. The topological polar surface area (TPSA) is 49.8 Å². The first-order chi connectivity index (χ1) is 5.69. The van der Waals surface area contributed by atoms with E-state index in [2.05, 4.69) is 6.07 Å². The minimum absolute atomic E-state index is 0.501. The SMILES string of the molecule is Cc1cc(C)c(CN)cc1C#N. The van der Waals surface area contributed by atoms with Gasteiger partial charge in [-0.2, -0.15) is 5.26 Å². The molecule has 0 bridgehead atoms. The van der Waals surface area contributed by atoms with Crippen molar-refractivity contribution in [2.75, 3.05) is 0 Å². The standard InChI is InChI=1S/C10H12N2/c1-7-3-8(2)10(6-12)4-9(7)5-11/h3-4H,5,11H2,1-2H3. The van der Waals surface area contributed by atoms with Gasteiger partial charge in [-0.15, -0.1) is 0 Å². The van der Waals surface area contributed by atoms with Gasteiger partial charge in [-0.05, 0) is 36.6 Å². The highest BCUT2D eigenvalue weighted by atomic mass is 14.5. The molecule has 0 saturated heterocycles. The van der Waals surface area contributed by atoms with Gasteiger partial charge in [0.2, 0.25) is 0 Å². The van der Waals surface area contributed by atoms with Crippen LogP contribution in [0.25, 0.3) is 0 Å². The fourth-order valence-corrected chi connectivity index (χ4v) is 1.24. The second kappa shape index (κ2) is 3.38. The van der Waals surface area contributed by atoms with Crippen molar-refractivity contribution in [2.24, 2.45) is 5.73 Å². The number of benzene rings is 1. The Labute approximate surface area is 72.6 Å². The summed E-state index contributed by atoms with van der Waals surface area (Å²) in [6, 6.07) is 6.01. The molecule has 1 aromatic rings. The number of nitrogens with two attached hydrogens (primary N) is 1. The summed E-state index contributed by atoms with van der Waals surface area (Å²) in [6.07, 6.45) is 0. The highest BCUT2D eigenvalue weighted by Gasteiger charge is 2.01. The molecule has 0 heterocycles. The van der Waals surface area contributed by atoms with Crippen LogP contribution in [0, 0.1) is 25.2 Å². The molecule has 0 fully saturated rings. The fraction of sp³-hybridized carbons (Fsp3) is 0.300. The third kappa shape index (κ3) is 1.46. The molecule has 62 valence electrons. The Balaban J connectivity index is 3.30. The van der Waals surface area contributed by atoms with E-state index >= 15 is 0 Å². The van der Waals surface area contributed by atoms with Crippen LogP contribution < -0.4 is 5.73 Å². The zero-order valence-electron chi connectivity index (χ0n) is 7.39. The fourth-order valence-electron chi connectivity index (χ4n) is 1.24. The third-order valence-corrected chi connectivity index (χ3v) is 2.02. The Bertz CT molecular complexity index is 334. The van der Waals surface area contributed by atoms with Crippen molar-refractivity contribution < 1.29 is 0 Å². The second-order valence-corrected chi connectivity index (χ2v) is 2.91. The van der Waals surface area contributed by atoms with E-state index in [-0.39, 0.29) is 0 Å². The average Bonchev–Trinajstić information content (AvgIpc) is 2.05. The molecule has 12 heavy (non-hydrogen) atoms. The van der Waals surface area contributed by atoms with Crippen LogP contribution in [-0.4, -0.2) is 0 Å². The lowest BCUT2D eigenvalue weighted by atomic mass is 10.0. The van der Waals surface area contributed by atoms with Crippen molar-refractivity contribution in [1.29, 1.82) is 5.26 Å². The summed E-state index contributed by atoms with van der Waals surface area (Å²) in [6.45, 7) is 4.45. The predicted octanol–water partition coefficient (Wildman–Crippen LogP) is 1.63. The summed E-state index contributed by atoms with van der Waals surface area (Å²) in [5, 5.41) is 8.74. The molecule has 0 radical (unpaired) electrons. The maximum Gasteiger partial charge on any atom is 0.0994 e. The van der Waals surface area contributed by atoms with Crippen LogP contribution in [0.5, 0.6) is 0 Å². The molecule has 0 unspecified atom stereocenters. The molecule has 0 aliphatic carbocycles. The van der Waals surface area contributed by atoms with Gasteiger partial charge in [-0.3, -0.25) is 0 Å². The molecule has 1 rings (SSSR count). The molecule has 0 aliphatic heterocycles. The lowest BCUT2D eigenvalue weighted by Gasteiger charge is -2.05. The highest BCUT2D eigenvalue weighted by molar-refractivity contribution is 5.43. The summed E-state index contributed by atoms with van der Waals surface area (Å²) in [5.74, 6) is 0. The maximum atomic E-state index is 8.74. The molecular formula is C10H12N2. The smallest absolute Gasteiger partial charge is 0.0994 e. The van der Waals surface area contributed by atoms with Crippen LogP contribution in [0.3, 0.4) is 0 Å². The van der Waals surface area contributed by atoms with E-state index in [0.29, 0.717) is 6.54 Å². The summed E-state index contributed by atoms with van der Waals surface area (Å²) in [5.41, 5.74) is 9.47. The van der Waals surface area contributed by atoms with Gasteiger partial charge in [-0.25, -0.2) is 0 Å². The lowest BCUT2D eigenvalue weighted by molar-refractivity contribution is 1.04. The molecule has 2 N–H and O–H groups in total. The van der Waals surface area contributed by atoms with Crippen LogP contribution in [0.1, 0.15) is 22.3 Å². The first kappa shape index (κ1) is 8.76. The summed E-state index contributed by atoms with van der Waals surface area (Å²) >= 11 is 0. The summed E-state index contributed by atoms with van der Waals surface area (Å²) < 4.78 is 0. The largest absolute Gasteiger partial charge is 0.326 e. The normalized spacial score (nSPS) is 9.50. The first-order valence-electron chi connectivity index (χ1n) is 3.89. The molecule has 0 aliphatic rings. The minimum Gasteiger partial charge on any atom is -0.326 e. The van der Waals surface area contributed by atoms with Gasteiger partial charge in [0.05, 0.1) is 11.6 Å². The molecule has 0 aromatic heterocycles. The van der Waals surface area contributed by atoms with Gasteiger partial charge in [0.1, 0.15) is 0 Å². The minimum atomic E-state index is 0.501. The molecule has 2 heteroatoms. The molecule has 1 aromatic carbocycles. The predicted molar refractivity (Wildman–Crippen MR) is 48.5 cm³/mol. The van der Waals surface area contributed by atoms with Gasteiger partial charge >= 0.3 is 0 Å². The van der Waals surface area contributed by atoms with Crippen molar-refractivity contribution in [3.63, 3.8) is 0 Å². The Kier molecular flexibility index (Phi) is 2.47. The number of nitriles is 1. The molecule has 0 amide bonds. The van der Waals surface area contributed by atoms with Crippen LogP contribution in [-0.2, 0) is 6.54 Å². The second-order valence-electron chi connectivity index (χ2n) is 2.91. The number of hydrogen-bond acceptors (Lipinski definition) is 2. The number of nitrogens with zero attached hydrogens (tertiary/aromatic N) is 1. The maximum absolute atomic E-state index is 8.74. The third-order valence-electron chi connectivity index (χ3n) is 2.02. The zero-order valence-corrected chi connectivity index (χ0v) is 7.39. The van der Waals surface area contributed by atoms with Gasteiger partial charge < -0.3 is 5.73 Å². The lowest BCUT2D eigenvalue weighted by Crippen LogP contribution is -2.00. The Morgan fingerprint density at radius 3 is 2.50 bits per heavy atom. The van der Waals surface area contributed by atoms with Gasteiger partial charge in [0.25, 0.3) is 0 Å². The Morgan fingerprint density at radius 2 is 2.00 bits per heavy atom. The average molecular weight is 160 g/mol. The van der Waals surface area contributed by atoms with E-state index in [1.54, 1.807) is 0 Å². The van der Waals surface area contributed by atoms with Crippen LogP contribution in [0.15, 0.2) is 12.1 Å². The van der Waals surface area contributed by atoms with Crippen molar-refractivity contribution in [1.82, 2.24) is 0 Å². The van der Waals surface area contributed by atoms with E-state index < -0.39 is 0 Å². The van der Waals surface area contributed by atoms with Crippen LogP contribution >= 0.6 is 0 Å². The molecular weight excluding hydrogens is 148 g/mol. The van der Waals surface area contributed by atoms with Crippen molar-refractivity contribution in [3.8, 4) is 6.07 Å². The quantitative estimate of drug-likeness (QED) is 0.678. The summed E-state index contributed by atoms with van der Waals surface area (Å²) in [7, 11) is 0. The number of aryl methyl sites for hydroxylation is 2. The molecule has 0 atom stereocenters. The van der Waals surface area contributed by atoms with Gasteiger partial charge in [-0.1, -0.05) is 6.07 Å². The number of rotatable bonds is 1. The van der Waals surface area contributed by atoms with Gasteiger partial charge in [0.15, 0.2) is 0 Å². The van der Waals surface area contributed by atoms with E-state index in [4.69, 9.17) is 11.0 Å².